The molecule has 0 bridgehead atoms. The number of carbonyl (C=O) groups is 1. The molecule has 0 heterocycles. The Morgan fingerprint density at radius 1 is 1.19 bits per heavy atom. The van der Waals surface area contributed by atoms with Crippen LogP contribution in [0.4, 0.5) is 0 Å². The maximum atomic E-state index is 12.9. The van der Waals surface area contributed by atoms with Crippen molar-refractivity contribution in [3.8, 4) is 0 Å². The van der Waals surface area contributed by atoms with Crippen molar-refractivity contribution in [2.24, 2.45) is 0 Å². The van der Waals surface area contributed by atoms with Gasteiger partial charge in [0, 0.05) is 19.6 Å². The fourth-order valence-electron chi connectivity index (χ4n) is 2.35. The molecule has 0 aliphatic rings. The minimum atomic E-state index is -3.75. The number of hydrogen-bond acceptors (Lipinski definition) is 3. The fraction of sp³-hybridized carbons (Fsp3) is 0.316. The number of nitrogens with one attached hydrogen (secondary N) is 1. The predicted octanol–water partition coefficient (Wildman–Crippen LogP) is 3.69. The Labute approximate surface area is 160 Å². The molecule has 2 aromatic rings. The van der Waals surface area contributed by atoms with Crippen LogP contribution >= 0.6 is 11.6 Å². The Morgan fingerprint density at radius 3 is 2.46 bits per heavy atom. The van der Waals surface area contributed by atoms with Crippen molar-refractivity contribution in [2.45, 2.75) is 37.8 Å². The molecular weight excluding hydrogens is 372 g/mol. The van der Waals surface area contributed by atoms with Crippen LogP contribution in [0.5, 0.6) is 0 Å². The van der Waals surface area contributed by atoms with Crippen LogP contribution < -0.4 is 5.32 Å². The Hall–Kier alpha value is -1.89. The molecule has 0 aromatic heterocycles. The summed E-state index contributed by atoms with van der Waals surface area (Å²) in [6.45, 7) is 4.06. The molecule has 0 saturated carbocycles. The number of nitrogens with zero attached hydrogens (tertiary/aromatic N) is 1. The molecule has 2 aromatic carbocycles. The van der Waals surface area contributed by atoms with Crippen LogP contribution in [0.15, 0.2) is 53.4 Å². The highest BCUT2D eigenvalue weighted by molar-refractivity contribution is 7.89. The first-order valence-corrected chi connectivity index (χ1v) is 10.2. The van der Waals surface area contributed by atoms with Crippen molar-refractivity contribution in [3.05, 3.63) is 64.7 Å². The lowest BCUT2D eigenvalue weighted by Crippen LogP contribution is -2.32. The number of halogens is 1. The first kappa shape index (κ1) is 20.4. The molecule has 0 aliphatic heterocycles. The van der Waals surface area contributed by atoms with E-state index in [4.69, 9.17) is 11.6 Å². The third-order valence-corrected chi connectivity index (χ3v) is 6.26. The summed E-state index contributed by atoms with van der Waals surface area (Å²) in [5.74, 6) is -0.382. The zero-order valence-corrected chi connectivity index (χ0v) is 16.6. The van der Waals surface area contributed by atoms with E-state index in [-0.39, 0.29) is 34.0 Å². The van der Waals surface area contributed by atoms with E-state index >= 15 is 0 Å². The van der Waals surface area contributed by atoms with Crippen LogP contribution in [0.25, 0.3) is 0 Å². The van der Waals surface area contributed by atoms with Gasteiger partial charge in [0.1, 0.15) is 0 Å². The maximum absolute atomic E-state index is 12.9. The van der Waals surface area contributed by atoms with Gasteiger partial charge in [-0.05, 0) is 37.1 Å². The van der Waals surface area contributed by atoms with Crippen molar-refractivity contribution in [2.75, 3.05) is 7.05 Å². The van der Waals surface area contributed by atoms with Gasteiger partial charge in [0.15, 0.2) is 0 Å². The van der Waals surface area contributed by atoms with Crippen molar-refractivity contribution in [3.63, 3.8) is 0 Å². The first-order chi connectivity index (χ1) is 12.3. The second kappa shape index (κ2) is 8.66. The van der Waals surface area contributed by atoms with E-state index in [0.29, 0.717) is 0 Å². The summed E-state index contributed by atoms with van der Waals surface area (Å²) in [6.07, 6.45) is 0.765. The molecule has 26 heavy (non-hydrogen) atoms. The number of hydrogen-bond donors (Lipinski definition) is 1. The Kier molecular flexibility index (Phi) is 6.81. The quantitative estimate of drug-likeness (QED) is 0.778. The summed E-state index contributed by atoms with van der Waals surface area (Å²) in [5.41, 5.74) is 1.03. The summed E-state index contributed by atoms with van der Waals surface area (Å²) in [7, 11) is -2.24. The topological polar surface area (TPSA) is 66.5 Å². The number of benzene rings is 2. The van der Waals surface area contributed by atoms with Crippen LogP contribution in [-0.2, 0) is 16.6 Å². The zero-order chi connectivity index (χ0) is 19.3. The average Bonchev–Trinajstić information content (AvgIpc) is 2.62. The first-order valence-electron chi connectivity index (χ1n) is 8.36. The molecule has 140 valence electrons. The number of carbonyl (C=O) groups excluding carboxylic acids is 1. The molecule has 0 fully saturated rings. The molecule has 1 N–H and O–H groups in total. The minimum absolute atomic E-state index is 0.0282. The van der Waals surface area contributed by atoms with Crippen LogP contribution in [0.2, 0.25) is 5.02 Å². The Balaban J connectivity index is 2.29. The monoisotopic (exact) mass is 394 g/mol. The normalized spacial score (nSPS) is 12.8. The molecule has 0 saturated heterocycles. The summed E-state index contributed by atoms with van der Waals surface area (Å²) in [5, 5.41) is 3.02. The highest BCUT2D eigenvalue weighted by Crippen LogP contribution is 2.23. The van der Waals surface area contributed by atoms with E-state index in [0.717, 1.165) is 12.0 Å². The third-order valence-electron chi connectivity index (χ3n) is 4.13. The van der Waals surface area contributed by atoms with Crippen molar-refractivity contribution >= 4 is 27.5 Å². The Bertz CT molecular complexity index is 870. The maximum Gasteiger partial charge on any atom is 0.253 e. The number of amides is 1. The minimum Gasteiger partial charge on any atom is -0.350 e. The van der Waals surface area contributed by atoms with E-state index in [1.807, 2.05) is 44.2 Å². The van der Waals surface area contributed by atoms with Crippen molar-refractivity contribution in [1.29, 1.82) is 0 Å². The second-order valence-corrected chi connectivity index (χ2v) is 8.62. The van der Waals surface area contributed by atoms with Gasteiger partial charge in [-0.15, -0.1) is 0 Å². The lowest BCUT2D eigenvalue weighted by Gasteiger charge is -2.18. The van der Waals surface area contributed by atoms with Crippen LogP contribution in [0.1, 0.15) is 36.2 Å². The second-order valence-electron chi connectivity index (χ2n) is 6.17. The highest BCUT2D eigenvalue weighted by Gasteiger charge is 2.23. The van der Waals surface area contributed by atoms with E-state index in [1.165, 1.54) is 29.6 Å². The van der Waals surface area contributed by atoms with E-state index < -0.39 is 10.0 Å². The number of rotatable bonds is 7. The molecule has 1 atom stereocenters. The van der Waals surface area contributed by atoms with Crippen LogP contribution in [0, 0.1) is 0 Å². The van der Waals surface area contributed by atoms with Crippen molar-refractivity contribution < 1.29 is 13.2 Å². The van der Waals surface area contributed by atoms with Gasteiger partial charge in [-0.25, -0.2) is 8.42 Å². The van der Waals surface area contributed by atoms with Crippen molar-refractivity contribution in [1.82, 2.24) is 9.62 Å². The molecule has 0 aliphatic carbocycles. The van der Waals surface area contributed by atoms with Gasteiger partial charge < -0.3 is 5.32 Å². The largest absolute Gasteiger partial charge is 0.350 e. The number of sulfonamides is 1. The van der Waals surface area contributed by atoms with E-state index in [1.54, 1.807) is 0 Å². The molecule has 7 heteroatoms. The third kappa shape index (κ3) is 4.84. The molecule has 0 unspecified atom stereocenters. The highest BCUT2D eigenvalue weighted by atomic mass is 35.5. The zero-order valence-electron chi connectivity index (χ0n) is 15.1. The van der Waals surface area contributed by atoms with Gasteiger partial charge in [-0.3, -0.25) is 4.79 Å². The fourth-order valence-corrected chi connectivity index (χ4v) is 3.74. The summed E-state index contributed by atoms with van der Waals surface area (Å²) in [6, 6.07) is 13.5. The lowest BCUT2D eigenvalue weighted by molar-refractivity contribution is 0.0939. The standard InChI is InChI=1S/C19H23ClN2O3S/c1-4-14(2)21-19(23)17-12-16(10-11-18(17)20)26(24,25)22(3)13-15-8-6-5-7-9-15/h5-12,14H,4,13H2,1-3H3,(H,21,23)/t14-/m0/s1. The molecule has 0 spiro atoms. The summed E-state index contributed by atoms with van der Waals surface area (Å²) in [4.78, 5) is 12.4. The Morgan fingerprint density at radius 2 is 1.85 bits per heavy atom. The summed E-state index contributed by atoms with van der Waals surface area (Å²) < 4.78 is 27.0. The molecule has 5 nitrogen and oxygen atoms in total. The van der Waals surface area contributed by atoms with Crippen LogP contribution in [-0.4, -0.2) is 31.7 Å². The smallest absolute Gasteiger partial charge is 0.253 e. The molecule has 0 radical (unpaired) electrons. The average molecular weight is 395 g/mol. The predicted molar refractivity (Wildman–Crippen MR) is 104 cm³/mol. The van der Waals surface area contributed by atoms with Gasteiger partial charge in [0.2, 0.25) is 10.0 Å². The van der Waals surface area contributed by atoms with E-state index in [9.17, 15) is 13.2 Å². The lowest BCUT2D eigenvalue weighted by atomic mass is 10.2. The van der Waals surface area contributed by atoms with Gasteiger partial charge in [0.25, 0.3) is 5.91 Å². The van der Waals surface area contributed by atoms with Gasteiger partial charge in [0.05, 0.1) is 15.5 Å². The molecular formula is C19H23ClN2O3S. The van der Waals surface area contributed by atoms with Crippen LogP contribution in [0.3, 0.4) is 0 Å². The van der Waals surface area contributed by atoms with Gasteiger partial charge in [-0.1, -0.05) is 48.9 Å². The van der Waals surface area contributed by atoms with E-state index in [2.05, 4.69) is 5.32 Å². The van der Waals surface area contributed by atoms with Gasteiger partial charge in [-0.2, -0.15) is 4.31 Å². The summed E-state index contributed by atoms with van der Waals surface area (Å²) >= 11 is 6.11. The SMILES string of the molecule is CC[C@H](C)NC(=O)c1cc(S(=O)(=O)N(C)Cc2ccccc2)ccc1Cl. The molecule has 2 rings (SSSR count). The van der Waals surface area contributed by atoms with Gasteiger partial charge >= 0.3 is 0 Å². The molecule has 1 amide bonds.